The fourth-order valence-electron chi connectivity index (χ4n) is 2.82. The molecule has 1 saturated heterocycles. The summed E-state index contributed by atoms with van der Waals surface area (Å²) in [5, 5.41) is 9.90. The van der Waals surface area contributed by atoms with Crippen molar-refractivity contribution in [1.29, 1.82) is 0 Å². The molecule has 124 valence electrons. The van der Waals surface area contributed by atoms with Crippen molar-refractivity contribution in [3.05, 3.63) is 40.4 Å². The minimum atomic E-state index is -0.190. The van der Waals surface area contributed by atoms with Gasteiger partial charge >= 0.3 is 0 Å². The molecule has 1 fully saturated rings. The molecule has 0 saturated carbocycles. The number of rotatable bonds is 5. The summed E-state index contributed by atoms with van der Waals surface area (Å²) in [5.41, 5.74) is 0.758. The summed E-state index contributed by atoms with van der Waals surface area (Å²) in [4.78, 5) is 18.8. The predicted molar refractivity (Wildman–Crippen MR) is 84.6 cm³/mol. The Morgan fingerprint density at radius 3 is 3.22 bits per heavy atom. The van der Waals surface area contributed by atoms with Crippen LogP contribution in [0.15, 0.2) is 29.2 Å². The third-order valence-electron chi connectivity index (χ3n) is 3.98. The number of ether oxygens (including phenoxy) is 2. The van der Waals surface area contributed by atoms with Crippen molar-refractivity contribution >= 4 is 5.65 Å². The second kappa shape index (κ2) is 7.08. The molecule has 1 atom stereocenters. The third-order valence-corrected chi connectivity index (χ3v) is 3.98. The largest absolute Gasteiger partial charge is 0.504 e. The van der Waals surface area contributed by atoms with E-state index >= 15 is 0 Å². The van der Waals surface area contributed by atoms with Gasteiger partial charge in [0, 0.05) is 45.6 Å². The lowest BCUT2D eigenvalue weighted by Crippen LogP contribution is -2.42. The van der Waals surface area contributed by atoms with Crippen LogP contribution in [0.2, 0.25) is 0 Å². The Morgan fingerprint density at radius 1 is 1.52 bits per heavy atom. The van der Waals surface area contributed by atoms with Crippen LogP contribution in [0.5, 0.6) is 5.75 Å². The molecule has 2 aromatic heterocycles. The predicted octanol–water partition coefficient (Wildman–Crippen LogP) is 0.637. The Hall–Kier alpha value is -1.96. The van der Waals surface area contributed by atoms with Crippen molar-refractivity contribution < 1.29 is 14.6 Å². The van der Waals surface area contributed by atoms with Gasteiger partial charge in [0.1, 0.15) is 0 Å². The van der Waals surface area contributed by atoms with Gasteiger partial charge in [-0.05, 0) is 18.6 Å². The highest BCUT2D eigenvalue weighted by molar-refractivity contribution is 5.52. The van der Waals surface area contributed by atoms with Gasteiger partial charge in [-0.2, -0.15) is 0 Å². The quantitative estimate of drug-likeness (QED) is 0.871. The van der Waals surface area contributed by atoms with E-state index in [4.69, 9.17) is 9.47 Å². The number of hydrogen-bond acceptors (Lipinski definition) is 6. The zero-order valence-electron chi connectivity index (χ0n) is 13.1. The molecule has 3 rings (SSSR count). The topological polar surface area (TPSA) is 76.3 Å². The molecule has 23 heavy (non-hydrogen) atoms. The molecule has 0 radical (unpaired) electrons. The first-order valence-corrected chi connectivity index (χ1v) is 7.70. The number of nitrogens with zero attached hydrogens (tertiary/aromatic N) is 3. The van der Waals surface area contributed by atoms with Crippen molar-refractivity contribution in [2.24, 2.45) is 0 Å². The molecule has 0 bridgehead atoms. The molecule has 0 amide bonds. The van der Waals surface area contributed by atoms with E-state index in [-0.39, 0.29) is 17.4 Å². The van der Waals surface area contributed by atoms with Crippen molar-refractivity contribution in [1.82, 2.24) is 14.3 Å². The number of pyridine rings is 1. The van der Waals surface area contributed by atoms with Crippen LogP contribution < -0.4 is 5.56 Å². The van der Waals surface area contributed by atoms with Gasteiger partial charge in [0.2, 0.25) is 0 Å². The lowest BCUT2D eigenvalue weighted by molar-refractivity contribution is -0.0435. The van der Waals surface area contributed by atoms with Crippen molar-refractivity contribution in [2.75, 3.05) is 33.4 Å². The molecule has 7 heteroatoms. The molecular weight excluding hydrogens is 298 g/mol. The molecule has 0 aliphatic carbocycles. The van der Waals surface area contributed by atoms with Gasteiger partial charge < -0.3 is 14.6 Å². The minimum Gasteiger partial charge on any atom is -0.504 e. The van der Waals surface area contributed by atoms with Crippen LogP contribution in [0.1, 0.15) is 12.1 Å². The normalized spacial score (nSPS) is 19.3. The molecule has 0 spiro atoms. The number of methoxy groups -OCH3 is 1. The number of fused-ring (bicyclic) bond motifs is 1. The van der Waals surface area contributed by atoms with Gasteiger partial charge in [0.15, 0.2) is 11.4 Å². The van der Waals surface area contributed by atoms with Gasteiger partial charge in [0.05, 0.1) is 18.4 Å². The lowest BCUT2D eigenvalue weighted by Gasteiger charge is -2.32. The van der Waals surface area contributed by atoms with Gasteiger partial charge in [0.25, 0.3) is 5.56 Å². The van der Waals surface area contributed by atoms with E-state index in [1.807, 2.05) is 0 Å². The molecule has 1 N–H and O–H groups in total. The van der Waals surface area contributed by atoms with E-state index in [1.54, 1.807) is 19.4 Å². The Labute approximate surface area is 134 Å². The van der Waals surface area contributed by atoms with Gasteiger partial charge in [-0.15, -0.1) is 0 Å². The molecule has 1 unspecified atom stereocenters. The van der Waals surface area contributed by atoms with Crippen molar-refractivity contribution in [3.8, 4) is 5.75 Å². The van der Waals surface area contributed by atoms with Gasteiger partial charge in [-0.3, -0.25) is 14.1 Å². The third kappa shape index (κ3) is 3.69. The van der Waals surface area contributed by atoms with E-state index in [0.717, 1.165) is 19.5 Å². The Balaban J connectivity index is 1.76. The number of morpholine rings is 1. The van der Waals surface area contributed by atoms with Crippen molar-refractivity contribution in [2.45, 2.75) is 19.1 Å². The first-order valence-electron chi connectivity index (χ1n) is 7.70. The number of hydrogen-bond donors (Lipinski definition) is 1. The highest BCUT2D eigenvalue weighted by Crippen LogP contribution is 2.15. The Bertz CT molecular complexity index is 731. The maximum absolute atomic E-state index is 12.2. The molecule has 0 aromatic carbocycles. The van der Waals surface area contributed by atoms with Crippen LogP contribution >= 0.6 is 0 Å². The second-order valence-corrected chi connectivity index (χ2v) is 5.68. The Morgan fingerprint density at radius 2 is 2.39 bits per heavy atom. The zero-order chi connectivity index (χ0) is 16.2. The van der Waals surface area contributed by atoms with E-state index in [0.29, 0.717) is 31.1 Å². The molecule has 3 heterocycles. The summed E-state index contributed by atoms with van der Waals surface area (Å²) >= 11 is 0. The van der Waals surface area contributed by atoms with Crippen LogP contribution in [0, 0.1) is 0 Å². The molecular formula is C16H21N3O4. The minimum absolute atomic E-state index is 0.00592. The van der Waals surface area contributed by atoms with E-state index in [2.05, 4.69) is 9.88 Å². The summed E-state index contributed by atoms with van der Waals surface area (Å²) < 4.78 is 12.2. The zero-order valence-corrected chi connectivity index (χ0v) is 13.1. The van der Waals surface area contributed by atoms with E-state index in [9.17, 15) is 9.90 Å². The highest BCUT2D eigenvalue weighted by atomic mass is 16.5. The van der Waals surface area contributed by atoms with Gasteiger partial charge in [-0.1, -0.05) is 0 Å². The molecule has 2 aromatic rings. The van der Waals surface area contributed by atoms with E-state index < -0.39 is 0 Å². The summed E-state index contributed by atoms with van der Waals surface area (Å²) in [6.45, 7) is 3.47. The summed E-state index contributed by atoms with van der Waals surface area (Å²) in [6, 6.07) is 4.67. The smallest absolute Gasteiger partial charge is 0.258 e. The number of aromatic hydroxyl groups is 1. The SMILES string of the molecule is COCCC1CN(Cc2cc(=O)n3cccc(O)c3n2)CCO1. The Kier molecular flexibility index (Phi) is 4.90. The van der Waals surface area contributed by atoms with E-state index in [1.165, 1.54) is 16.5 Å². The summed E-state index contributed by atoms with van der Waals surface area (Å²) in [5.74, 6) is 0.00592. The van der Waals surface area contributed by atoms with Crippen LogP contribution in [0.4, 0.5) is 0 Å². The van der Waals surface area contributed by atoms with Gasteiger partial charge in [-0.25, -0.2) is 4.98 Å². The summed E-state index contributed by atoms with van der Waals surface area (Å²) in [6.07, 6.45) is 2.59. The number of aromatic nitrogens is 2. The average Bonchev–Trinajstić information content (AvgIpc) is 2.54. The lowest BCUT2D eigenvalue weighted by atomic mass is 10.2. The van der Waals surface area contributed by atoms with Crippen LogP contribution in [0.3, 0.4) is 0 Å². The second-order valence-electron chi connectivity index (χ2n) is 5.68. The van der Waals surface area contributed by atoms with Crippen LogP contribution in [-0.4, -0.2) is 58.9 Å². The van der Waals surface area contributed by atoms with Crippen LogP contribution in [0.25, 0.3) is 5.65 Å². The first kappa shape index (κ1) is 15.9. The molecule has 1 aliphatic rings. The first-order chi connectivity index (χ1) is 11.2. The molecule has 1 aliphatic heterocycles. The van der Waals surface area contributed by atoms with Crippen molar-refractivity contribution in [3.63, 3.8) is 0 Å². The fraction of sp³-hybridized carbons (Fsp3) is 0.500. The maximum atomic E-state index is 12.2. The molecule has 7 nitrogen and oxygen atoms in total. The fourth-order valence-corrected chi connectivity index (χ4v) is 2.82. The maximum Gasteiger partial charge on any atom is 0.258 e. The average molecular weight is 319 g/mol. The highest BCUT2D eigenvalue weighted by Gasteiger charge is 2.21. The standard InChI is InChI=1S/C16H21N3O4/c1-22-7-4-13-11-18(6-8-23-13)10-12-9-15(21)19-5-2-3-14(20)16(19)17-12/h2-3,5,9,13,20H,4,6-8,10-11H2,1H3. The monoisotopic (exact) mass is 319 g/mol. The summed E-state index contributed by atoms with van der Waals surface area (Å²) in [7, 11) is 1.68. The van der Waals surface area contributed by atoms with Crippen LogP contribution in [-0.2, 0) is 16.0 Å².